The van der Waals surface area contributed by atoms with Crippen LogP contribution in [0.4, 0.5) is 9.59 Å². The molecular formula is C19H29N3O5. The highest BCUT2D eigenvalue weighted by Gasteiger charge is 2.30. The number of β-amino-alcohol motifs (C(OH)–C–C–N with tert-alkyl or cyclic N) is 1. The zero-order valence-electron chi connectivity index (χ0n) is 16.1. The molecule has 0 saturated carbocycles. The molecule has 1 fully saturated rings. The molecule has 0 aliphatic carbocycles. The minimum atomic E-state index is -0.711. The fourth-order valence-corrected chi connectivity index (χ4v) is 2.62. The zero-order chi connectivity index (χ0) is 19.9. The summed E-state index contributed by atoms with van der Waals surface area (Å²) in [5.74, 6) is 0. The first-order valence-corrected chi connectivity index (χ1v) is 9.06. The molecule has 8 heteroatoms. The van der Waals surface area contributed by atoms with E-state index >= 15 is 0 Å². The number of hydrogen-bond donors (Lipinski definition) is 3. The van der Waals surface area contributed by atoms with Gasteiger partial charge in [-0.2, -0.15) is 0 Å². The second-order valence-corrected chi connectivity index (χ2v) is 7.66. The van der Waals surface area contributed by atoms with Gasteiger partial charge in [0.25, 0.3) is 0 Å². The molecule has 1 atom stereocenters. The Morgan fingerprint density at radius 1 is 1.22 bits per heavy atom. The monoisotopic (exact) mass is 379 g/mol. The molecule has 1 saturated heterocycles. The first kappa shape index (κ1) is 21.0. The lowest BCUT2D eigenvalue weighted by Crippen LogP contribution is -2.61. The van der Waals surface area contributed by atoms with Gasteiger partial charge in [0.2, 0.25) is 0 Å². The molecule has 27 heavy (non-hydrogen) atoms. The lowest BCUT2D eigenvalue weighted by molar-refractivity contribution is 0.0296. The number of nitrogens with one attached hydrogen (secondary N) is 2. The lowest BCUT2D eigenvalue weighted by atomic mass is 10.1. The number of ether oxygens (including phenoxy) is 2. The summed E-state index contributed by atoms with van der Waals surface area (Å²) in [6.45, 7) is 7.41. The van der Waals surface area contributed by atoms with Gasteiger partial charge >= 0.3 is 12.2 Å². The van der Waals surface area contributed by atoms with Gasteiger partial charge in [-0.15, -0.1) is 0 Å². The number of nitrogens with zero attached hydrogens (tertiary/aromatic N) is 1. The SMILES string of the molecule is CC(C)(C)OC(=O)NC1CN(C[C@H](O)CNC(=O)OCc2ccccc2)C1. The first-order chi connectivity index (χ1) is 12.7. The summed E-state index contributed by atoms with van der Waals surface area (Å²) in [6.07, 6.45) is -1.71. The molecule has 1 aromatic carbocycles. The van der Waals surface area contributed by atoms with Gasteiger partial charge in [0.15, 0.2) is 0 Å². The van der Waals surface area contributed by atoms with E-state index in [0.29, 0.717) is 19.6 Å². The van der Waals surface area contributed by atoms with Crippen LogP contribution < -0.4 is 10.6 Å². The average Bonchev–Trinajstić information content (AvgIpc) is 2.55. The number of likely N-dealkylation sites (tertiary alicyclic amines) is 1. The average molecular weight is 379 g/mol. The van der Waals surface area contributed by atoms with Crippen LogP contribution in [0.2, 0.25) is 0 Å². The van der Waals surface area contributed by atoms with E-state index in [1.807, 2.05) is 56.0 Å². The van der Waals surface area contributed by atoms with Crippen LogP contribution in [0.15, 0.2) is 30.3 Å². The van der Waals surface area contributed by atoms with Crippen LogP contribution in [-0.2, 0) is 16.1 Å². The van der Waals surface area contributed by atoms with E-state index in [9.17, 15) is 14.7 Å². The summed E-state index contributed by atoms with van der Waals surface area (Å²) >= 11 is 0. The van der Waals surface area contributed by atoms with Crippen molar-refractivity contribution in [1.82, 2.24) is 15.5 Å². The van der Waals surface area contributed by atoms with Gasteiger partial charge in [0, 0.05) is 26.2 Å². The van der Waals surface area contributed by atoms with E-state index in [2.05, 4.69) is 10.6 Å². The highest BCUT2D eigenvalue weighted by molar-refractivity contribution is 5.68. The molecule has 2 rings (SSSR count). The Labute approximate surface area is 159 Å². The molecule has 8 nitrogen and oxygen atoms in total. The van der Waals surface area contributed by atoms with Gasteiger partial charge in [0.1, 0.15) is 12.2 Å². The number of rotatable bonds is 7. The molecule has 0 radical (unpaired) electrons. The number of carbonyl (C=O) groups excluding carboxylic acids is 2. The van der Waals surface area contributed by atoms with Gasteiger partial charge in [0.05, 0.1) is 12.1 Å². The molecule has 1 aromatic rings. The van der Waals surface area contributed by atoms with Gasteiger partial charge in [-0.3, -0.25) is 4.90 Å². The zero-order valence-corrected chi connectivity index (χ0v) is 16.1. The van der Waals surface area contributed by atoms with Crippen molar-refractivity contribution in [3.05, 3.63) is 35.9 Å². The summed E-state index contributed by atoms with van der Waals surface area (Å²) in [5.41, 5.74) is 0.377. The Kier molecular flexibility index (Phi) is 7.44. The van der Waals surface area contributed by atoms with Crippen LogP contribution in [0.1, 0.15) is 26.3 Å². The van der Waals surface area contributed by atoms with E-state index in [1.165, 1.54) is 0 Å². The van der Waals surface area contributed by atoms with E-state index in [-0.39, 0.29) is 19.2 Å². The third kappa shape index (κ3) is 8.27. The number of alkyl carbamates (subject to hydrolysis) is 2. The topological polar surface area (TPSA) is 100 Å². The highest BCUT2D eigenvalue weighted by atomic mass is 16.6. The van der Waals surface area contributed by atoms with Crippen molar-refractivity contribution < 1.29 is 24.2 Å². The van der Waals surface area contributed by atoms with Crippen molar-refractivity contribution in [3.63, 3.8) is 0 Å². The summed E-state index contributed by atoms with van der Waals surface area (Å²) in [6, 6.07) is 9.39. The third-order valence-electron chi connectivity index (χ3n) is 3.84. The Hall–Kier alpha value is -2.32. The largest absolute Gasteiger partial charge is 0.445 e. The van der Waals surface area contributed by atoms with E-state index in [0.717, 1.165) is 5.56 Å². The van der Waals surface area contributed by atoms with Crippen LogP contribution in [0.25, 0.3) is 0 Å². The maximum atomic E-state index is 11.7. The Morgan fingerprint density at radius 2 is 1.89 bits per heavy atom. The summed E-state index contributed by atoms with van der Waals surface area (Å²) < 4.78 is 10.3. The first-order valence-electron chi connectivity index (χ1n) is 9.06. The molecule has 0 bridgehead atoms. The molecule has 2 amide bonds. The number of aliphatic hydroxyl groups is 1. The van der Waals surface area contributed by atoms with E-state index in [4.69, 9.17) is 9.47 Å². The highest BCUT2D eigenvalue weighted by Crippen LogP contribution is 2.11. The second-order valence-electron chi connectivity index (χ2n) is 7.66. The fraction of sp³-hybridized carbons (Fsp3) is 0.579. The standard InChI is InChI=1S/C19H29N3O5/c1-19(2,3)27-18(25)21-15-10-22(11-15)12-16(23)9-20-17(24)26-13-14-7-5-4-6-8-14/h4-8,15-16,23H,9-13H2,1-3H3,(H,20,24)(H,21,25)/t16-/m1/s1. The van der Waals surface area contributed by atoms with Crippen molar-refractivity contribution in [2.24, 2.45) is 0 Å². The minimum absolute atomic E-state index is 0.0100. The van der Waals surface area contributed by atoms with Crippen molar-refractivity contribution in [2.75, 3.05) is 26.2 Å². The van der Waals surface area contributed by atoms with Crippen molar-refractivity contribution in [2.45, 2.75) is 45.1 Å². The van der Waals surface area contributed by atoms with Gasteiger partial charge < -0.3 is 25.2 Å². The number of aliphatic hydroxyl groups excluding tert-OH is 1. The maximum Gasteiger partial charge on any atom is 0.407 e. The smallest absolute Gasteiger partial charge is 0.407 e. The van der Waals surface area contributed by atoms with Crippen LogP contribution in [0.3, 0.4) is 0 Å². The summed E-state index contributed by atoms with van der Waals surface area (Å²) in [4.78, 5) is 25.3. The normalized spacial score (nSPS) is 16.1. The Bertz CT molecular complexity index is 612. The molecule has 1 aliphatic rings. The summed E-state index contributed by atoms with van der Waals surface area (Å²) in [5, 5.41) is 15.3. The van der Waals surface area contributed by atoms with Crippen molar-refractivity contribution in [3.8, 4) is 0 Å². The second kappa shape index (κ2) is 9.57. The third-order valence-corrected chi connectivity index (χ3v) is 3.84. The number of amides is 2. The number of carbonyl (C=O) groups is 2. The molecule has 0 unspecified atom stereocenters. The van der Waals surface area contributed by atoms with Crippen molar-refractivity contribution in [1.29, 1.82) is 0 Å². The molecule has 1 aliphatic heterocycles. The fourth-order valence-electron chi connectivity index (χ4n) is 2.62. The molecule has 0 aromatic heterocycles. The quantitative estimate of drug-likeness (QED) is 0.664. The number of benzene rings is 1. The molecule has 150 valence electrons. The number of hydrogen-bond acceptors (Lipinski definition) is 6. The minimum Gasteiger partial charge on any atom is -0.445 e. The van der Waals surface area contributed by atoms with Gasteiger partial charge in [-0.1, -0.05) is 30.3 Å². The Morgan fingerprint density at radius 3 is 2.52 bits per heavy atom. The van der Waals surface area contributed by atoms with Crippen LogP contribution in [0, 0.1) is 0 Å². The van der Waals surface area contributed by atoms with Crippen LogP contribution in [0.5, 0.6) is 0 Å². The van der Waals surface area contributed by atoms with Crippen LogP contribution >= 0.6 is 0 Å². The molecule has 3 N–H and O–H groups in total. The molecule has 0 spiro atoms. The molecular weight excluding hydrogens is 350 g/mol. The van der Waals surface area contributed by atoms with Crippen LogP contribution in [-0.4, -0.2) is 66.1 Å². The van der Waals surface area contributed by atoms with E-state index in [1.54, 1.807) is 0 Å². The van der Waals surface area contributed by atoms with Gasteiger partial charge in [-0.05, 0) is 26.3 Å². The van der Waals surface area contributed by atoms with Gasteiger partial charge in [-0.25, -0.2) is 9.59 Å². The molecule has 1 heterocycles. The van der Waals surface area contributed by atoms with Crippen molar-refractivity contribution >= 4 is 12.2 Å². The maximum absolute atomic E-state index is 11.7. The summed E-state index contributed by atoms with van der Waals surface area (Å²) in [7, 11) is 0. The predicted molar refractivity (Wildman–Crippen MR) is 100 cm³/mol. The predicted octanol–water partition coefficient (Wildman–Crippen LogP) is 1.48. The lowest BCUT2D eigenvalue weighted by Gasteiger charge is -2.40. The Balaban J connectivity index is 1.54. The van der Waals surface area contributed by atoms with E-state index < -0.39 is 23.9 Å².